The molecule has 0 spiro atoms. The first kappa shape index (κ1) is 28.2. The summed E-state index contributed by atoms with van der Waals surface area (Å²) >= 11 is 1.84. The van der Waals surface area contributed by atoms with E-state index in [4.69, 9.17) is 19.4 Å². The van der Waals surface area contributed by atoms with Crippen molar-refractivity contribution >= 4 is 75.3 Å². The second kappa shape index (κ2) is 10.9. The summed E-state index contributed by atoms with van der Waals surface area (Å²) in [6.07, 6.45) is 0. The zero-order valence-corrected chi connectivity index (χ0v) is 27.9. The second-order valence-corrected chi connectivity index (χ2v) is 13.9. The van der Waals surface area contributed by atoms with Crippen LogP contribution in [0, 0.1) is 0 Å². The van der Waals surface area contributed by atoms with Crippen LogP contribution < -0.4 is 0 Å². The van der Waals surface area contributed by atoms with E-state index in [1.165, 1.54) is 25.7 Å². The molecule has 0 saturated heterocycles. The summed E-state index contributed by atoms with van der Waals surface area (Å²) in [5.41, 5.74) is 7.89. The molecule has 0 bridgehead atoms. The van der Waals surface area contributed by atoms with Gasteiger partial charge in [0.25, 0.3) is 0 Å². The minimum absolute atomic E-state index is 0.577. The van der Waals surface area contributed by atoms with Gasteiger partial charge in [0.1, 0.15) is 11.2 Å². The third-order valence-corrected chi connectivity index (χ3v) is 11.0. The highest BCUT2D eigenvalue weighted by Crippen LogP contribution is 2.39. The van der Waals surface area contributed by atoms with Gasteiger partial charge >= 0.3 is 0 Å². The van der Waals surface area contributed by atoms with Gasteiger partial charge in [-0.2, -0.15) is 9.97 Å². The average molecular weight is 671 g/mol. The van der Waals surface area contributed by atoms with Gasteiger partial charge in [0.05, 0.1) is 11.0 Å². The normalized spacial score (nSPS) is 11.9. The number of hydrogen-bond acceptors (Lipinski definition) is 5. The van der Waals surface area contributed by atoms with E-state index in [9.17, 15) is 0 Å². The molecule has 4 heterocycles. The summed E-state index contributed by atoms with van der Waals surface area (Å²) in [4.78, 5) is 15.3. The fourth-order valence-electron chi connectivity index (χ4n) is 7.45. The van der Waals surface area contributed by atoms with Crippen LogP contribution >= 0.6 is 11.3 Å². The van der Waals surface area contributed by atoms with Gasteiger partial charge < -0.3 is 4.42 Å². The Morgan fingerprint density at radius 3 is 1.80 bits per heavy atom. The van der Waals surface area contributed by atoms with Gasteiger partial charge in [0.2, 0.25) is 5.95 Å². The van der Waals surface area contributed by atoms with Crippen LogP contribution in [-0.2, 0) is 0 Å². The molecule has 0 unspecified atom stereocenters. The van der Waals surface area contributed by atoms with Gasteiger partial charge in [0.15, 0.2) is 11.6 Å². The molecule has 11 aromatic rings. The van der Waals surface area contributed by atoms with Crippen molar-refractivity contribution in [2.45, 2.75) is 0 Å². The molecule has 0 radical (unpaired) electrons. The van der Waals surface area contributed by atoms with Gasteiger partial charge in [-0.05, 0) is 71.8 Å². The maximum Gasteiger partial charge on any atom is 0.238 e. The van der Waals surface area contributed by atoms with Crippen LogP contribution in [0.25, 0.3) is 104 Å². The summed E-state index contributed by atoms with van der Waals surface area (Å²) in [7, 11) is 0. The predicted molar refractivity (Wildman–Crippen MR) is 211 cm³/mol. The first-order valence-corrected chi connectivity index (χ1v) is 17.8. The molecule has 6 heteroatoms. The summed E-state index contributed by atoms with van der Waals surface area (Å²) in [6.45, 7) is 0. The van der Waals surface area contributed by atoms with Crippen molar-refractivity contribution in [3.05, 3.63) is 158 Å². The number of nitrogens with zero attached hydrogens (tertiary/aromatic N) is 4. The first-order chi connectivity index (χ1) is 25.2. The lowest BCUT2D eigenvalue weighted by atomic mass is 10.0. The third kappa shape index (κ3) is 4.43. The lowest BCUT2D eigenvalue weighted by Gasteiger charge is -2.11. The maximum absolute atomic E-state index is 6.47. The van der Waals surface area contributed by atoms with Gasteiger partial charge in [-0.15, -0.1) is 11.3 Å². The molecule has 0 aliphatic carbocycles. The fraction of sp³-hybridized carbons (Fsp3) is 0. The zero-order valence-electron chi connectivity index (χ0n) is 27.1. The van der Waals surface area contributed by atoms with E-state index in [0.717, 1.165) is 60.4 Å². The molecule has 238 valence electrons. The number of furan rings is 1. The van der Waals surface area contributed by atoms with E-state index in [1.54, 1.807) is 0 Å². The first-order valence-electron chi connectivity index (χ1n) is 16.9. The highest BCUT2D eigenvalue weighted by molar-refractivity contribution is 7.25. The smallest absolute Gasteiger partial charge is 0.238 e. The molecular formula is C45H26N4OS. The Hall–Kier alpha value is -6.63. The third-order valence-electron chi connectivity index (χ3n) is 9.88. The number of rotatable bonds is 4. The average Bonchev–Trinajstić information content (AvgIpc) is 3.86. The van der Waals surface area contributed by atoms with Crippen LogP contribution in [0.2, 0.25) is 0 Å². The van der Waals surface area contributed by atoms with E-state index in [0.29, 0.717) is 17.6 Å². The molecule has 0 atom stereocenters. The quantitative estimate of drug-likeness (QED) is 0.187. The molecular weight excluding hydrogens is 645 g/mol. The SMILES string of the molecule is c1ccc(-c2nc(-c3ccc4oc5cc(-c6ccc7sc8ccccc8c7c6)ccc5c4c3)nc(-n3c4ccccc4c4ccccc43)n2)cc1. The van der Waals surface area contributed by atoms with Crippen LogP contribution in [0.1, 0.15) is 0 Å². The minimum atomic E-state index is 0.577. The molecule has 0 aliphatic rings. The lowest BCUT2D eigenvalue weighted by Crippen LogP contribution is -2.06. The molecule has 0 fully saturated rings. The molecule has 0 amide bonds. The van der Waals surface area contributed by atoms with Crippen molar-refractivity contribution in [3.63, 3.8) is 0 Å². The molecule has 51 heavy (non-hydrogen) atoms. The van der Waals surface area contributed by atoms with Crippen molar-refractivity contribution < 1.29 is 4.42 Å². The zero-order chi connectivity index (χ0) is 33.5. The van der Waals surface area contributed by atoms with E-state index in [2.05, 4.69) is 120 Å². The highest BCUT2D eigenvalue weighted by atomic mass is 32.1. The van der Waals surface area contributed by atoms with Crippen molar-refractivity contribution in [1.82, 2.24) is 19.5 Å². The summed E-state index contributed by atoms with van der Waals surface area (Å²) < 4.78 is 11.2. The van der Waals surface area contributed by atoms with Gasteiger partial charge in [0, 0.05) is 52.8 Å². The second-order valence-electron chi connectivity index (χ2n) is 12.9. The largest absolute Gasteiger partial charge is 0.456 e. The minimum Gasteiger partial charge on any atom is -0.456 e. The fourth-order valence-corrected chi connectivity index (χ4v) is 8.54. The van der Waals surface area contributed by atoms with Crippen molar-refractivity contribution in [3.8, 4) is 39.9 Å². The number of benzene rings is 7. The van der Waals surface area contributed by atoms with Crippen LogP contribution in [-0.4, -0.2) is 19.5 Å². The topological polar surface area (TPSA) is 56.7 Å². The number of para-hydroxylation sites is 2. The molecule has 0 N–H and O–H groups in total. The van der Waals surface area contributed by atoms with Crippen molar-refractivity contribution in [2.75, 3.05) is 0 Å². The standard InChI is InChI=1S/C45H26N4OS/c1-2-10-27(11-3-1)43-46-44(48-45(47-43)49-37-15-7-4-12-31(37)32-13-5-8-16-38(32)49)30-19-22-39-35(25-30)33-21-18-29(26-40(33)50-39)28-20-23-42-36(24-28)34-14-6-9-17-41(34)51-42/h1-26H. The van der Waals surface area contributed by atoms with E-state index < -0.39 is 0 Å². The van der Waals surface area contributed by atoms with E-state index in [-0.39, 0.29) is 0 Å². The number of hydrogen-bond donors (Lipinski definition) is 0. The molecule has 0 saturated carbocycles. The monoisotopic (exact) mass is 670 g/mol. The van der Waals surface area contributed by atoms with E-state index in [1.807, 2.05) is 53.8 Å². The Labute approximate surface area is 295 Å². The molecule has 0 aliphatic heterocycles. The van der Waals surface area contributed by atoms with Crippen LogP contribution in [0.5, 0.6) is 0 Å². The Morgan fingerprint density at radius 1 is 0.392 bits per heavy atom. The van der Waals surface area contributed by atoms with Gasteiger partial charge in [-0.25, -0.2) is 4.98 Å². The lowest BCUT2D eigenvalue weighted by molar-refractivity contribution is 0.669. The maximum atomic E-state index is 6.47. The number of aromatic nitrogens is 4. The Bertz CT molecular complexity index is 3100. The Morgan fingerprint density at radius 2 is 1.00 bits per heavy atom. The van der Waals surface area contributed by atoms with Crippen LogP contribution in [0.15, 0.2) is 162 Å². The Balaban J connectivity index is 1.07. The Kier molecular flexibility index (Phi) is 6.05. The van der Waals surface area contributed by atoms with Gasteiger partial charge in [-0.1, -0.05) is 97.1 Å². The predicted octanol–water partition coefficient (Wildman–Crippen LogP) is 12.2. The van der Waals surface area contributed by atoms with Crippen LogP contribution in [0.3, 0.4) is 0 Å². The summed E-state index contributed by atoms with van der Waals surface area (Å²) in [6, 6.07) is 55.0. The van der Waals surface area contributed by atoms with Crippen molar-refractivity contribution in [2.24, 2.45) is 0 Å². The highest BCUT2D eigenvalue weighted by Gasteiger charge is 2.19. The van der Waals surface area contributed by atoms with Crippen molar-refractivity contribution in [1.29, 1.82) is 0 Å². The molecule has 5 nitrogen and oxygen atoms in total. The molecule has 4 aromatic heterocycles. The molecule has 7 aromatic carbocycles. The van der Waals surface area contributed by atoms with Gasteiger partial charge in [-0.3, -0.25) is 4.57 Å². The number of thiophene rings is 1. The molecule has 11 rings (SSSR count). The van der Waals surface area contributed by atoms with Crippen LogP contribution in [0.4, 0.5) is 0 Å². The summed E-state index contributed by atoms with van der Waals surface area (Å²) in [5, 5.41) is 6.98. The summed E-state index contributed by atoms with van der Waals surface area (Å²) in [5.74, 6) is 1.80. The van der Waals surface area contributed by atoms with E-state index >= 15 is 0 Å². The number of fused-ring (bicyclic) bond motifs is 9.